The summed E-state index contributed by atoms with van der Waals surface area (Å²) in [7, 11) is 1.78. The molecule has 2 aromatic heterocycles. The maximum atomic E-state index is 10.9. The van der Waals surface area contributed by atoms with E-state index in [9.17, 15) is 15.4 Å². The minimum Gasteiger partial charge on any atom is -0.378 e. The lowest BCUT2D eigenvalue weighted by molar-refractivity contribution is -0.384. The highest BCUT2D eigenvalue weighted by atomic mass is 35.5. The molecule has 3 aromatic rings. The third kappa shape index (κ3) is 3.68. The number of non-ortho nitro benzene ring substituents is 1. The zero-order chi connectivity index (χ0) is 21.3. The first-order valence-electron chi connectivity index (χ1n) is 9.07. The zero-order valence-electron chi connectivity index (χ0n) is 15.9. The Bertz CT molecular complexity index is 1190. The molecule has 0 N–H and O–H groups in total. The first kappa shape index (κ1) is 19.8. The number of imidazole rings is 1. The maximum Gasteiger partial charge on any atom is 0.269 e. The fourth-order valence-electron chi connectivity index (χ4n) is 3.23. The van der Waals surface area contributed by atoms with Crippen molar-refractivity contribution >= 4 is 45.9 Å². The van der Waals surface area contributed by atoms with Crippen LogP contribution in [0.15, 0.2) is 24.3 Å². The van der Waals surface area contributed by atoms with E-state index in [-0.39, 0.29) is 11.0 Å². The van der Waals surface area contributed by atoms with Gasteiger partial charge in [-0.2, -0.15) is 15.2 Å². The van der Waals surface area contributed by atoms with Crippen LogP contribution < -0.4 is 4.90 Å². The molecule has 0 atom stereocenters. The highest BCUT2D eigenvalue weighted by Gasteiger charge is 2.21. The van der Waals surface area contributed by atoms with Gasteiger partial charge in [-0.1, -0.05) is 0 Å². The largest absolute Gasteiger partial charge is 0.378 e. The molecular weight excluding hydrogens is 410 g/mol. The van der Waals surface area contributed by atoms with Crippen molar-refractivity contribution in [1.82, 2.24) is 19.5 Å². The quantitative estimate of drug-likeness (QED) is 0.270. The molecule has 0 aliphatic carbocycles. The Balaban J connectivity index is 1.79. The van der Waals surface area contributed by atoms with Gasteiger partial charge in [-0.25, -0.2) is 4.98 Å². The fraction of sp³-hybridized carbons (Fsp3) is 0.263. The van der Waals surface area contributed by atoms with Gasteiger partial charge in [0.05, 0.1) is 29.8 Å². The number of nitriles is 1. The van der Waals surface area contributed by atoms with Crippen LogP contribution in [0.3, 0.4) is 0 Å². The second-order valence-electron chi connectivity index (χ2n) is 6.59. The molecule has 152 valence electrons. The van der Waals surface area contributed by atoms with E-state index in [1.807, 2.05) is 4.90 Å². The van der Waals surface area contributed by atoms with E-state index >= 15 is 0 Å². The Morgan fingerprint density at radius 2 is 1.97 bits per heavy atom. The van der Waals surface area contributed by atoms with Crippen molar-refractivity contribution in [3.63, 3.8) is 0 Å². The van der Waals surface area contributed by atoms with Crippen molar-refractivity contribution < 1.29 is 9.66 Å². The zero-order valence-corrected chi connectivity index (χ0v) is 16.7. The van der Waals surface area contributed by atoms with E-state index in [4.69, 9.17) is 16.3 Å². The molecule has 10 nitrogen and oxygen atoms in total. The number of halogens is 1. The van der Waals surface area contributed by atoms with Gasteiger partial charge in [0.1, 0.15) is 5.82 Å². The van der Waals surface area contributed by atoms with Crippen molar-refractivity contribution in [2.45, 2.75) is 0 Å². The molecule has 0 radical (unpaired) electrons. The summed E-state index contributed by atoms with van der Waals surface area (Å²) >= 11 is 6.15. The molecule has 0 unspecified atom stereocenters. The molecule has 0 bridgehead atoms. The summed E-state index contributed by atoms with van der Waals surface area (Å²) in [5.74, 6) is 1.11. The summed E-state index contributed by atoms with van der Waals surface area (Å²) in [6.07, 6.45) is 1.61. The van der Waals surface area contributed by atoms with Gasteiger partial charge in [0.2, 0.25) is 5.28 Å². The lowest BCUT2D eigenvalue weighted by Crippen LogP contribution is -2.37. The molecule has 1 saturated heterocycles. The molecular formula is C19H16ClN7O3. The number of hydrogen-bond donors (Lipinski definition) is 0. The number of nitro benzene ring substituents is 1. The van der Waals surface area contributed by atoms with Gasteiger partial charge in [-0.3, -0.25) is 10.1 Å². The highest BCUT2D eigenvalue weighted by Crippen LogP contribution is 2.28. The van der Waals surface area contributed by atoms with Crippen LogP contribution >= 0.6 is 11.6 Å². The lowest BCUT2D eigenvalue weighted by atomic mass is 10.1. The molecule has 3 heterocycles. The lowest BCUT2D eigenvalue weighted by Gasteiger charge is -2.27. The van der Waals surface area contributed by atoms with E-state index in [0.717, 1.165) is 0 Å². The van der Waals surface area contributed by atoms with E-state index in [2.05, 4.69) is 21.0 Å². The first-order valence-corrected chi connectivity index (χ1v) is 9.45. The normalized spacial score (nSPS) is 14.7. The number of nitro groups is 1. The Morgan fingerprint density at radius 3 is 2.60 bits per heavy atom. The van der Waals surface area contributed by atoms with Crippen LogP contribution in [0.5, 0.6) is 0 Å². The van der Waals surface area contributed by atoms with Gasteiger partial charge in [0, 0.05) is 32.3 Å². The van der Waals surface area contributed by atoms with E-state index in [1.54, 1.807) is 17.7 Å². The van der Waals surface area contributed by atoms with E-state index in [1.165, 1.54) is 24.3 Å². The average Bonchev–Trinajstić information content (AvgIpc) is 3.07. The third-order valence-electron chi connectivity index (χ3n) is 4.80. The van der Waals surface area contributed by atoms with Gasteiger partial charge >= 0.3 is 0 Å². The predicted molar refractivity (Wildman–Crippen MR) is 111 cm³/mol. The molecule has 0 saturated carbocycles. The Labute approximate surface area is 176 Å². The number of aromatic nitrogens is 4. The summed E-state index contributed by atoms with van der Waals surface area (Å²) < 4.78 is 7.13. The van der Waals surface area contributed by atoms with Crippen molar-refractivity contribution in [2.24, 2.45) is 7.05 Å². The second kappa shape index (κ2) is 8.06. The Morgan fingerprint density at radius 1 is 1.27 bits per heavy atom. The van der Waals surface area contributed by atoms with E-state index < -0.39 is 4.92 Å². The van der Waals surface area contributed by atoms with Gasteiger partial charge in [0.25, 0.3) is 5.69 Å². The minimum atomic E-state index is -0.486. The van der Waals surface area contributed by atoms with Gasteiger partial charge in [-0.05, 0) is 35.4 Å². The van der Waals surface area contributed by atoms with Crippen molar-refractivity contribution in [2.75, 3.05) is 31.2 Å². The second-order valence-corrected chi connectivity index (χ2v) is 6.93. The van der Waals surface area contributed by atoms with Crippen LogP contribution in [0.25, 0.3) is 22.8 Å². The van der Waals surface area contributed by atoms with Crippen molar-refractivity contribution in [1.29, 1.82) is 5.26 Å². The number of ether oxygens (including phenoxy) is 1. The van der Waals surface area contributed by atoms with Crippen LogP contribution in [-0.2, 0) is 11.8 Å². The first-order chi connectivity index (χ1) is 14.5. The average molecular weight is 426 g/mol. The van der Waals surface area contributed by atoms with Gasteiger partial charge < -0.3 is 14.2 Å². The topological polar surface area (TPSA) is 123 Å². The number of benzene rings is 1. The highest BCUT2D eigenvalue weighted by molar-refractivity contribution is 6.28. The molecule has 0 amide bonds. The van der Waals surface area contributed by atoms with Crippen LogP contribution in [-0.4, -0.2) is 50.7 Å². The number of nitrogens with zero attached hydrogens (tertiary/aromatic N) is 7. The Hall–Kier alpha value is -3.55. The number of hydrogen-bond acceptors (Lipinski definition) is 8. The van der Waals surface area contributed by atoms with Gasteiger partial charge in [-0.15, -0.1) is 0 Å². The molecule has 1 aliphatic heterocycles. The standard InChI is InChI=1S/C19H16ClN7O3/c1-25-15(10-13(11-21)12-2-4-14(5-3-12)27(28)29)22-16-17(25)23-19(20)24-18(16)26-6-8-30-9-7-26/h2-5,10H,6-9H2,1H3/b13-10+. The SMILES string of the molecule is Cn1c(/C=C(\C#N)c2ccc([N+](=O)[O-])cc2)nc2c(N3CCOCC3)nc(Cl)nc21. The molecule has 1 aliphatic rings. The fourth-order valence-corrected chi connectivity index (χ4v) is 3.39. The summed E-state index contributed by atoms with van der Waals surface area (Å²) in [5.41, 5.74) is 1.95. The van der Waals surface area contributed by atoms with Crippen LogP contribution in [0.2, 0.25) is 5.28 Å². The summed E-state index contributed by atoms with van der Waals surface area (Å²) in [4.78, 5) is 25.7. The molecule has 30 heavy (non-hydrogen) atoms. The number of anilines is 1. The van der Waals surface area contributed by atoms with Crippen molar-refractivity contribution in [3.8, 4) is 6.07 Å². The van der Waals surface area contributed by atoms with Crippen molar-refractivity contribution in [3.05, 3.63) is 51.1 Å². The molecule has 11 heteroatoms. The van der Waals surface area contributed by atoms with Crippen LogP contribution in [0, 0.1) is 21.4 Å². The number of allylic oxidation sites excluding steroid dienone is 1. The van der Waals surface area contributed by atoms with Crippen LogP contribution in [0.1, 0.15) is 11.4 Å². The number of aryl methyl sites for hydroxylation is 1. The van der Waals surface area contributed by atoms with Gasteiger partial charge in [0.15, 0.2) is 17.0 Å². The molecule has 1 aromatic carbocycles. The number of fused-ring (bicyclic) bond motifs is 1. The summed E-state index contributed by atoms with van der Waals surface area (Å²) in [6.45, 7) is 2.50. The molecule has 0 spiro atoms. The number of rotatable bonds is 4. The third-order valence-corrected chi connectivity index (χ3v) is 4.97. The monoisotopic (exact) mass is 425 g/mol. The van der Waals surface area contributed by atoms with E-state index in [0.29, 0.717) is 60.2 Å². The minimum absolute atomic E-state index is 0.0427. The van der Waals surface area contributed by atoms with Crippen LogP contribution in [0.4, 0.5) is 11.5 Å². The summed E-state index contributed by atoms with van der Waals surface area (Å²) in [6, 6.07) is 7.91. The summed E-state index contributed by atoms with van der Waals surface area (Å²) in [5, 5.41) is 20.6. The predicted octanol–water partition coefficient (Wildman–Crippen LogP) is 2.83. The molecule has 1 fully saturated rings. The maximum absolute atomic E-state index is 10.9. The number of morpholine rings is 1. The smallest absolute Gasteiger partial charge is 0.269 e. The molecule has 4 rings (SSSR count). The Kier molecular flexibility index (Phi) is 5.31.